The standard InChI is InChI=1S/C11H18BrN3O/c1-4-15(9(2)8-16-3)11-13-6-10(5-12)7-14-11/h6-7,9H,4-5,8H2,1-3H3. The van der Waals surface area contributed by atoms with E-state index in [9.17, 15) is 0 Å². The zero-order valence-electron chi connectivity index (χ0n) is 9.98. The van der Waals surface area contributed by atoms with Gasteiger partial charge in [0.25, 0.3) is 0 Å². The number of alkyl halides is 1. The molecule has 4 nitrogen and oxygen atoms in total. The van der Waals surface area contributed by atoms with Gasteiger partial charge < -0.3 is 9.64 Å². The minimum absolute atomic E-state index is 0.282. The molecule has 1 unspecified atom stereocenters. The van der Waals surface area contributed by atoms with E-state index in [1.54, 1.807) is 7.11 Å². The summed E-state index contributed by atoms with van der Waals surface area (Å²) in [5, 5.41) is 0.785. The van der Waals surface area contributed by atoms with Gasteiger partial charge in [0.05, 0.1) is 12.6 Å². The van der Waals surface area contributed by atoms with Gasteiger partial charge in [0.15, 0.2) is 0 Å². The van der Waals surface area contributed by atoms with Gasteiger partial charge in [0.2, 0.25) is 5.95 Å². The fraction of sp³-hybridized carbons (Fsp3) is 0.636. The van der Waals surface area contributed by atoms with Crippen LogP contribution in [0.5, 0.6) is 0 Å². The van der Waals surface area contributed by atoms with Crippen molar-refractivity contribution in [1.82, 2.24) is 9.97 Å². The molecule has 0 fully saturated rings. The molecular formula is C11H18BrN3O. The predicted octanol–water partition coefficient (Wildman–Crippen LogP) is 2.23. The Balaban J connectivity index is 2.78. The lowest BCUT2D eigenvalue weighted by Crippen LogP contribution is -2.37. The quantitative estimate of drug-likeness (QED) is 0.752. The van der Waals surface area contributed by atoms with Crippen LogP contribution in [0.2, 0.25) is 0 Å². The van der Waals surface area contributed by atoms with E-state index in [2.05, 4.69) is 44.6 Å². The van der Waals surface area contributed by atoms with Crippen LogP contribution < -0.4 is 4.90 Å². The Bertz CT molecular complexity index is 305. The van der Waals surface area contributed by atoms with Crippen LogP contribution in [-0.2, 0) is 10.1 Å². The highest BCUT2D eigenvalue weighted by Gasteiger charge is 2.14. The summed E-state index contributed by atoms with van der Waals surface area (Å²) < 4.78 is 5.15. The first kappa shape index (κ1) is 13.4. The summed E-state index contributed by atoms with van der Waals surface area (Å²) in [6.07, 6.45) is 3.69. The van der Waals surface area contributed by atoms with Gasteiger partial charge in [-0.05, 0) is 19.4 Å². The number of halogens is 1. The molecule has 90 valence electrons. The average molecular weight is 288 g/mol. The molecule has 0 aromatic carbocycles. The molecule has 0 radical (unpaired) electrons. The maximum Gasteiger partial charge on any atom is 0.225 e. The van der Waals surface area contributed by atoms with Gasteiger partial charge in [-0.15, -0.1) is 0 Å². The topological polar surface area (TPSA) is 38.2 Å². The molecule has 0 aliphatic carbocycles. The second kappa shape index (κ2) is 6.81. The maximum atomic E-state index is 5.15. The van der Waals surface area contributed by atoms with Crippen molar-refractivity contribution in [2.45, 2.75) is 25.2 Å². The van der Waals surface area contributed by atoms with Gasteiger partial charge >= 0.3 is 0 Å². The molecule has 0 aliphatic rings. The molecule has 0 aliphatic heterocycles. The zero-order chi connectivity index (χ0) is 12.0. The number of likely N-dealkylation sites (N-methyl/N-ethyl adjacent to an activating group) is 1. The first-order valence-electron chi connectivity index (χ1n) is 5.35. The first-order chi connectivity index (χ1) is 7.72. The van der Waals surface area contributed by atoms with Crippen molar-refractivity contribution in [2.24, 2.45) is 0 Å². The third kappa shape index (κ3) is 3.42. The summed E-state index contributed by atoms with van der Waals surface area (Å²) in [6.45, 7) is 5.75. The highest BCUT2D eigenvalue weighted by Crippen LogP contribution is 2.12. The van der Waals surface area contributed by atoms with Gasteiger partial charge in [-0.1, -0.05) is 15.9 Å². The summed E-state index contributed by atoms with van der Waals surface area (Å²) in [5.74, 6) is 0.761. The number of aromatic nitrogens is 2. The normalized spacial score (nSPS) is 12.5. The predicted molar refractivity (Wildman–Crippen MR) is 69.0 cm³/mol. The lowest BCUT2D eigenvalue weighted by Gasteiger charge is -2.27. The molecule has 0 spiro atoms. The van der Waals surface area contributed by atoms with Crippen molar-refractivity contribution >= 4 is 21.9 Å². The molecule has 1 aromatic rings. The van der Waals surface area contributed by atoms with Gasteiger partial charge in [0.1, 0.15) is 0 Å². The van der Waals surface area contributed by atoms with E-state index < -0.39 is 0 Å². The molecule has 1 atom stereocenters. The van der Waals surface area contributed by atoms with Crippen molar-refractivity contribution in [3.8, 4) is 0 Å². The van der Waals surface area contributed by atoms with Crippen LogP contribution in [0.4, 0.5) is 5.95 Å². The summed E-state index contributed by atoms with van der Waals surface area (Å²) in [7, 11) is 1.71. The number of anilines is 1. The largest absolute Gasteiger partial charge is 0.383 e. The van der Waals surface area contributed by atoms with Gasteiger partial charge in [-0.25, -0.2) is 9.97 Å². The number of rotatable bonds is 6. The lowest BCUT2D eigenvalue weighted by molar-refractivity contribution is 0.181. The Morgan fingerprint density at radius 3 is 2.50 bits per heavy atom. The van der Waals surface area contributed by atoms with Gasteiger partial charge in [-0.2, -0.15) is 0 Å². The molecule has 0 saturated heterocycles. The molecule has 1 rings (SSSR count). The molecule has 0 bridgehead atoms. The third-order valence-corrected chi connectivity index (χ3v) is 3.03. The Labute approximate surface area is 105 Å². The summed E-state index contributed by atoms with van der Waals surface area (Å²) in [4.78, 5) is 10.8. The average Bonchev–Trinajstić information content (AvgIpc) is 2.31. The molecule has 1 heterocycles. The first-order valence-corrected chi connectivity index (χ1v) is 6.47. The SMILES string of the molecule is CCN(c1ncc(CBr)cn1)C(C)COC. The summed E-state index contributed by atoms with van der Waals surface area (Å²) >= 11 is 3.38. The molecule has 16 heavy (non-hydrogen) atoms. The Morgan fingerprint density at radius 2 is 2.06 bits per heavy atom. The number of hydrogen-bond acceptors (Lipinski definition) is 4. The molecule has 5 heteroatoms. The number of nitrogens with zero attached hydrogens (tertiary/aromatic N) is 3. The van der Waals surface area contributed by atoms with Crippen LogP contribution in [0.15, 0.2) is 12.4 Å². The van der Waals surface area contributed by atoms with E-state index in [4.69, 9.17) is 4.74 Å². The van der Waals surface area contributed by atoms with Crippen molar-refractivity contribution in [2.75, 3.05) is 25.2 Å². The summed E-state index contributed by atoms with van der Waals surface area (Å²) in [5.41, 5.74) is 1.08. The molecule has 0 saturated carbocycles. The van der Waals surface area contributed by atoms with Crippen LogP contribution in [0.1, 0.15) is 19.4 Å². The minimum atomic E-state index is 0.282. The van der Waals surface area contributed by atoms with Crippen LogP contribution in [0, 0.1) is 0 Å². The van der Waals surface area contributed by atoms with E-state index in [1.165, 1.54) is 0 Å². The minimum Gasteiger partial charge on any atom is -0.383 e. The van der Waals surface area contributed by atoms with Crippen LogP contribution in [0.3, 0.4) is 0 Å². The van der Waals surface area contributed by atoms with Gasteiger partial charge in [0, 0.05) is 31.4 Å². The van der Waals surface area contributed by atoms with E-state index in [0.717, 1.165) is 23.4 Å². The third-order valence-electron chi connectivity index (χ3n) is 2.38. The maximum absolute atomic E-state index is 5.15. The smallest absolute Gasteiger partial charge is 0.225 e. The molecular weight excluding hydrogens is 270 g/mol. The Morgan fingerprint density at radius 1 is 1.44 bits per heavy atom. The van der Waals surface area contributed by atoms with E-state index in [1.807, 2.05) is 12.4 Å². The number of methoxy groups -OCH3 is 1. The number of ether oxygens (including phenoxy) is 1. The second-order valence-electron chi connectivity index (χ2n) is 3.62. The fourth-order valence-electron chi connectivity index (χ4n) is 1.55. The fourth-order valence-corrected chi connectivity index (χ4v) is 1.84. The van der Waals surface area contributed by atoms with Gasteiger partial charge in [-0.3, -0.25) is 0 Å². The van der Waals surface area contributed by atoms with E-state index in [-0.39, 0.29) is 6.04 Å². The molecule has 0 amide bonds. The lowest BCUT2D eigenvalue weighted by atomic mass is 10.3. The Kier molecular flexibility index (Phi) is 5.69. The van der Waals surface area contributed by atoms with Crippen molar-refractivity contribution in [3.63, 3.8) is 0 Å². The summed E-state index contributed by atoms with van der Waals surface area (Å²) in [6, 6.07) is 0.282. The van der Waals surface area contributed by atoms with Crippen molar-refractivity contribution < 1.29 is 4.74 Å². The zero-order valence-corrected chi connectivity index (χ0v) is 11.6. The highest BCUT2D eigenvalue weighted by molar-refractivity contribution is 9.08. The van der Waals surface area contributed by atoms with Crippen molar-refractivity contribution in [1.29, 1.82) is 0 Å². The number of hydrogen-bond donors (Lipinski definition) is 0. The van der Waals surface area contributed by atoms with E-state index >= 15 is 0 Å². The molecule has 1 aromatic heterocycles. The Hall–Kier alpha value is -0.680. The van der Waals surface area contributed by atoms with E-state index in [0.29, 0.717) is 6.61 Å². The monoisotopic (exact) mass is 287 g/mol. The van der Waals surface area contributed by atoms with Crippen LogP contribution in [0.25, 0.3) is 0 Å². The van der Waals surface area contributed by atoms with Crippen LogP contribution >= 0.6 is 15.9 Å². The van der Waals surface area contributed by atoms with Crippen LogP contribution in [-0.4, -0.2) is 36.3 Å². The highest BCUT2D eigenvalue weighted by atomic mass is 79.9. The second-order valence-corrected chi connectivity index (χ2v) is 4.18. The molecule has 0 N–H and O–H groups in total. The van der Waals surface area contributed by atoms with Crippen molar-refractivity contribution in [3.05, 3.63) is 18.0 Å².